The van der Waals surface area contributed by atoms with Crippen molar-refractivity contribution in [2.24, 2.45) is 0 Å². The highest BCUT2D eigenvalue weighted by molar-refractivity contribution is 6.31. The zero-order chi connectivity index (χ0) is 16.9. The molecule has 5 heteroatoms. The Morgan fingerprint density at radius 2 is 2.00 bits per heavy atom. The van der Waals surface area contributed by atoms with Gasteiger partial charge in [-0.25, -0.2) is 0 Å². The first-order valence-corrected chi connectivity index (χ1v) is 8.18. The van der Waals surface area contributed by atoms with Crippen molar-refractivity contribution in [3.05, 3.63) is 64.8 Å². The molecule has 1 aromatic heterocycles. The zero-order valence-corrected chi connectivity index (χ0v) is 14.2. The minimum absolute atomic E-state index is 0.0167. The average molecular weight is 343 g/mol. The minimum Gasteiger partial charge on any atom is -0.497 e. The second kappa shape index (κ2) is 7.41. The van der Waals surface area contributed by atoms with E-state index in [1.807, 2.05) is 48.7 Å². The number of halogens is 1. The Morgan fingerprint density at radius 1 is 1.21 bits per heavy atom. The van der Waals surface area contributed by atoms with Crippen molar-refractivity contribution in [3.63, 3.8) is 0 Å². The van der Waals surface area contributed by atoms with Crippen LogP contribution in [0.1, 0.15) is 11.1 Å². The largest absolute Gasteiger partial charge is 0.497 e. The molecule has 0 aliphatic heterocycles. The fourth-order valence-electron chi connectivity index (χ4n) is 2.69. The Bertz CT molecular complexity index is 840. The molecule has 2 aromatic carbocycles. The first kappa shape index (κ1) is 16.4. The zero-order valence-electron chi connectivity index (χ0n) is 13.4. The van der Waals surface area contributed by atoms with Gasteiger partial charge in [-0.2, -0.15) is 0 Å². The van der Waals surface area contributed by atoms with Gasteiger partial charge in [-0.15, -0.1) is 0 Å². The van der Waals surface area contributed by atoms with Gasteiger partial charge < -0.3 is 15.0 Å². The average Bonchev–Trinajstić information content (AvgIpc) is 2.97. The predicted octanol–water partition coefficient (Wildman–Crippen LogP) is 3.73. The van der Waals surface area contributed by atoms with Crippen LogP contribution in [-0.2, 0) is 17.6 Å². The molecule has 0 saturated heterocycles. The Hall–Kier alpha value is -2.46. The van der Waals surface area contributed by atoms with Crippen LogP contribution in [0.15, 0.2) is 48.7 Å². The number of aromatic amines is 1. The Kier molecular flexibility index (Phi) is 5.06. The lowest BCUT2D eigenvalue weighted by Gasteiger charge is -2.06. The molecule has 1 amide bonds. The topological polar surface area (TPSA) is 54.1 Å². The SMILES string of the molecule is COc1ccc(CC(=O)NCCc2c[nH]c3cc(Cl)ccc23)cc1. The van der Waals surface area contributed by atoms with Crippen LogP contribution in [-0.4, -0.2) is 24.5 Å². The van der Waals surface area contributed by atoms with Gasteiger partial charge in [0.25, 0.3) is 0 Å². The number of carbonyl (C=O) groups is 1. The lowest BCUT2D eigenvalue weighted by atomic mass is 10.1. The van der Waals surface area contributed by atoms with Gasteiger partial charge >= 0.3 is 0 Å². The van der Waals surface area contributed by atoms with Crippen molar-refractivity contribution in [3.8, 4) is 5.75 Å². The van der Waals surface area contributed by atoms with Gasteiger partial charge in [0.2, 0.25) is 5.91 Å². The quantitative estimate of drug-likeness (QED) is 0.717. The fourth-order valence-corrected chi connectivity index (χ4v) is 2.87. The Labute approximate surface area is 145 Å². The molecule has 3 rings (SSSR count). The number of benzene rings is 2. The van der Waals surface area contributed by atoms with Crippen LogP contribution in [0.25, 0.3) is 10.9 Å². The number of carbonyl (C=O) groups excluding carboxylic acids is 1. The van der Waals surface area contributed by atoms with Crippen molar-refractivity contribution in [1.82, 2.24) is 10.3 Å². The first-order valence-electron chi connectivity index (χ1n) is 7.81. The van der Waals surface area contributed by atoms with Gasteiger partial charge in [0.05, 0.1) is 13.5 Å². The predicted molar refractivity (Wildman–Crippen MR) is 96.7 cm³/mol. The van der Waals surface area contributed by atoms with Crippen LogP contribution < -0.4 is 10.1 Å². The summed E-state index contributed by atoms with van der Waals surface area (Å²) in [4.78, 5) is 15.2. The lowest BCUT2D eigenvalue weighted by Crippen LogP contribution is -2.27. The molecule has 24 heavy (non-hydrogen) atoms. The number of aromatic nitrogens is 1. The third-order valence-corrected chi connectivity index (χ3v) is 4.20. The normalized spacial score (nSPS) is 10.8. The molecule has 0 unspecified atom stereocenters. The van der Waals surface area contributed by atoms with E-state index >= 15 is 0 Å². The van der Waals surface area contributed by atoms with Gasteiger partial charge in [0.1, 0.15) is 5.75 Å². The Morgan fingerprint density at radius 3 is 2.75 bits per heavy atom. The molecule has 1 heterocycles. The van der Waals surface area contributed by atoms with Crippen LogP contribution in [0.2, 0.25) is 5.02 Å². The molecule has 0 aliphatic carbocycles. The molecule has 0 bridgehead atoms. The summed E-state index contributed by atoms with van der Waals surface area (Å²) < 4.78 is 5.11. The maximum absolute atomic E-state index is 12.0. The molecule has 4 nitrogen and oxygen atoms in total. The standard InChI is InChI=1S/C19H19ClN2O2/c1-24-16-5-2-13(3-6-16)10-19(23)21-9-8-14-12-22-18-11-15(20)4-7-17(14)18/h2-7,11-12,22H,8-10H2,1H3,(H,21,23). The van der Waals surface area contributed by atoms with Crippen LogP contribution in [0.3, 0.4) is 0 Å². The van der Waals surface area contributed by atoms with E-state index in [0.29, 0.717) is 18.0 Å². The van der Waals surface area contributed by atoms with Crippen LogP contribution in [0, 0.1) is 0 Å². The van der Waals surface area contributed by atoms with E-state index in [1.165, 1.54) is 5.56 Å². The van der Waals surface area contributed by atoms with Gasteiger partial charge in [0, 0.05) is 28.7 Å². The first-order chi connectivity index (χ1) is 11.7. The molecule has 0 atom stereocenters. The molecule has 3 aromatic rings. The lowest BCUT2D eigenvalue weighted by molar-refractivity contribution is -0.120. The van der Waals surface area contributed by atoms with Crippen molar-refractivity contribution in [2.75, 3.05) is 13.7 Å². The highest BCUT2D eigenvalue weighted by Gasteiger charge is 2.06. The highest BCUT2D eigenvalue weighted by Crippen LogP contribution is 2.22. The number of rotatable bonds is 6. The van der Waals surface area contributed by atoms with Crippen molar-refractivity contribution < 1.29 is 9.53 Å². The maximum Gasteiger partial charge on any atom is 0.224 e. The van der Waals surface area contributed by atoms with Gasteiger partial charge in [-0.05, 0) is 41.8 Å². The summed E-state index contributed by atoms with van der Waals surface area (Å²) in [5, 5.41) is 4.82. The molecule has 0 spiro atoms. The third kappa shape index (κ3) is 3.89. The molecular weight excluding hydrogens is 324 g/mol. The van der Waals surface area contributed by atoms with Crippen molar-refractivity contribution in [2.45, 2.75) is 12.8 Å². The van der Waals surface area contributed by atoms with E-state index in [1.54, 1.807) is 7.11 Å². The van der Waals surface area contributed by atoms with Crippen LogP contribution >= 0.6 is 11.6 Å². The van der Waals surface area contributed by atoms with E-state index in [9.17, 15) is 4.79 Å². The molecular formula is C19H19ClN2O2. The number of ether oxygens (including phenoxy) is 1. The number of hydrogen-bond donors (Lipinski definition) is 2. The summed E-state index contributed by atoms with van der Waals surface area (Å²) in [7, 11) is 1.63. The van der Waals surface area contributed by atoms with Crippen molar-refractivity contribution >= 4 is 28.4 Å². The van der Waals surface area contributed by atoms with Gasteiger partial charge in [-0.1, -0.05) is 29.8 Å². The van der Waals surface area contributed by atoms with Gasteiger partial charge in [-0.3, -0.25) is 4.79 Å². The summed E-state index contributed by atoms with van der Waals surface area (Å²) in [6.45, 7) is 0.602. The second-order valence-electron chi connectivity index (χ2n) is 5.63. The number of hydrogen-bond acceptors (Lipinski definition) is 2. The third-order valence-electron chi connectivity index (χ3n) is 3.97. The summed E-state index contributed by atoms with van der Waals surface area (Å²) in [5.41, 5.74) is 3.16. The molecule has 0 fully saturated rings. The summed E-state index contributed by atoms with van der Waals surface area (Å²) >= 11 is 5.99. The molecule has 0 saturated carbocycles. The van der Waals surface area contributed by atoms with E-state index < -0.39 is 0 Å². The minimum atomic E-state index is 0.0167. The van der Waals surface area contributed by atoms with Crippen molar-refractivity contribution in [1.29, 1.82) is 0 Å². The van der Waals surface area contributed by atoms with E-state index in [4.69, 9.17) is 16.3 Å². The summed E-state index contributed by atoms with van der Waals surface area (Å²) in [6.07, 6.45) is 3.11. The highest BCUT2D eigenvalue weighted by atomic mass is 35.5. The summed E-state index contributed by atoms with van der Waals surface area (Å²) in [6, 6.07) is 13.3. The number of methoxy groups -OCH3 is 1. The summed E-state index contributed by atoms with van der Waals surface area (Å²) in [5.74, 6) is 0.807. The van der Waals surface area contributed by atoms with Crippen LogP contribution in [0.4, 0.5) is 0 Å². The number of fused-ring (bicyclic) bond motifs is 1. The van der Waals surface area contributed by atoms with Gasteiger partial charge in [0.15, 0.2) is 0 Å². The molecule has 124 valence electrons. The van der Waals surface area contributed by atoms with E-state index in [2.05, 4.69) is 10.3 Å². The number of amides is 1. The number of H-pyrrole nitrogens is 1. The second-order valence-corrected chi connectivity index (χ2v) is 6.07. The molecule has 2 N–H and O–H groups in total. The van der Waals surface area contributed by atoms with E-state index in [0.717, 1.165) is 28.6 Å². The smallest absolute Gasteiger partial charge is 0.224 e. The Balaban J connectivity index is 1.52. The fraction of sp³-hybridized carbons (Fsp3) is 0.211. The van der Waals surface area contributed by atoms with E-state index in [-0.39, 0.29) is 5.91 Å². The monoisotopic (exact) mass is 342 g/mol. The van der Waals surface area contributed by atoms with Crippen LogP contribution in [0.5, 0.6) is 5.75 Å². The molecule has 0 radical (unpaired) electrons. The maximum atomic E-state index is 12.0. The number of nitrogens with one attached hydrogen (secondary N) is 2. The molecule has 0 aliphatic rings.